The van der Waals surface area contributed by atoms with E-state index in [4.69, 9.17) is 5.26 Å². The van der Waals surface area contributed by atoms with Crippen LogP contribution in [-0.2, 0) is 0 Å². The van der Waals surface area contributed by atoms with Gasteiger partial charge in [-0.05, 0) is 13.3 Å². The molecule has 128 valence electrons. The van der Waals surface area contributed by atoms with E-state index in [0.29, 0.717) is 6.54 Å². The van der Waals surface area contributed by atoms with Gasteiger partial charge in [0.05, 0.1) is 0 Å². The van der Waals surface area contributed by atoms with Crippen molar-refractivity contribution in [2.24, 2.45) is 0 Å². The van der Waals surface area contributed by atoms with Gasteiger partial charge < -0.3 is 15.2 Å². The minimum atomic E-state index is -0.311. The van der Waals surface area contributed by atoms with E-state index < -0.39 is 0 Å². The molecule has 0 radical (unpaired) electrons. The average molecular weight is 345 g/mol. The van der Waals surface area contributed by atoms with Gasteiger partial charge in [-0.3, -0.25) is 4.79 Å². The molecule has 0 aliphatic carbocycles. The minimum absolute atomic E-state index is 0.161. The Morgan fingerprint density at radius 1 is 1.54 bits per heavy atom. The van der Waals surface area contributed by atoms with Gasteiger partial charge in [0.2, 0.25) is 0 Å². The number of carbonyl (C=O) groups excluding carboxylic acids is 1. The van der Waals surface area contributed by atoms with Crippen LogP contribution in [0.3, 0.4) is 0 Å². The van der Waals surface area contributed by atoms with E-state index in [9.17, 15) is 4.79 Å². The molecule has 1 aliphatic heterocycles. The summed E-state index contributed by atoms with van der Waals surface area (Å²) in [6, 6.07) is 1.88. The van der Waals surface area contributed by atoms with Crippen LogP contribution in [0.1, 0.15) is 29.7 Å². The first-order valence-electron chi connectivity index (χ1n) is 8.08. The maximum atomic E-state index is 11.8. The van der Waals surface area contributed by atoms with Crippen molar-refractivity contribution in [3.05, 3.63) is 41.5 Å². The van der Waals surface area contributed by atoms with E-state index in [2.05, 4.69) is 32.3 Å². The van der Waals surface area contributed by atoms with Gasteiger partial charge in [-0.25, -0.2) is 4.98 Å². The van der Waals surface area contributed by atoms with Crippen molar-refractivity contribution in [1.82, 2.24) is 20.2 Å². The van der Waals surface area contributed by atoms with E-state index in [0.717, 1.165) is 13.0 Å². The lowest BCUT2D eigenvalue weighted by atomic mass is 10.1. The summed E-state index contributed by atoms with van der Waals surface area (Å²) >= 11 is 2.02. The number of nitriles is 1. The Morgan fingerprint density at radius 3 is 3.00 bits per heavy atom. The van der Waals surface area contributed by atoms with Crippen LogP contribution in [0, 0.1) is 11.3 Å². The number of H-pyrrole nitrogens is 1. The summed E-state index contributed by atoms with van der Waals surface area (Å²) in [6.07, 6.45) is 8.55. The van der Waals surface area contributed by atoms with Crippen molar-refractivity contribution >= 4 is 17.7 Å². The number of hydrogen-bond donors (Lipinski definition) is 2. The average Bonchev–Trinajstić information content (AvgIpc) is 3.11. The van der Waals surface area contributed by atoms with Crippen molar-refractivity contribution in [2.75, 3.05) is 37.7 Å². The van der Waals surface area contributed by atoms with Gasteiger partial charge in [-0.1, -0.05) is 23.8 Å². The molecule has 0 saturated carbocycles. The van der Waals surface area contributed by atoms with Crippen molar-refractivity contribution in [2.45, 2.75) is 13.3 Å². The van der Waals surface area contributed by atoms with Crippen LogP contribution in [0.5, 0.6) is 0 Å². The first kappa shape index (κ1) is 18.3. The van der Waals surface area contributed by atoms with Gasteiger partial charge in [0.1, 0.15) is 6.07 Å². The van der Waals surface area contributed by atoms with Crippen LogP contribution in [0.4, 0.5) is 0 Å². The molecule has 1 aromatic heterocycles. The lowest BCUT2D eigenvalue weighted by Gasteiger charge is -2.26. The Kier molecular flexibility index (Phi) is 7.59. The summed E-state index contributed by atoms with van der Waals surface area (Å²) in [5.41, 5.74) is 1.48. The fourth-order valence-electron chi connectivity index (χ4n) is 2.38. The molecule has 6 nitrogen and oxygen atoms in total. The molecule has 2 heterocycles. The first-order valence-corrected chi connectivity index (χ1v) is 9.24. The van der Waals surface area contributed by atoms with Gasteiger partial charge in [-0.15, -0.1) is 0 Å². The van der Waals surface area contributed by atoms with E-state index >= 15 is 0 Å². The molecule has 0 unspecified atom stereocenters. The first-order chi connectivity index (χ1) is 11.7. The molecule has 1 saturated heterocycles. The highest BCUT2D eigenvalue weighted by molar-refractivity contribution is 7.99. The van der Waals surface area contributed by atoms with Crippen LogP contribution in [0.2, 0.25) is 0 Å². The third kappa shape index (κ3) is 5.87. The van der Waals surface area contributed by atoms with Crippen LogP contribution >= 0.6 is 11.8 Å². The van der Waals surface area contributed by atoms with Gasteiger partial charge >= 0.3 is 0 Å². The second-order valence-electron chi connectivity index (χ2n) is 5.43. The fraction of sp³-hybridized carbons (Fsp3) is 0.471. The Bertz CT molecular complexity index is 638. The normalized spacial score (nSPS) is 16.2. The highest BCUT2D eigenvalue weighted by atomic mass is 32.2. The fourth-order valence-corrected chi connectivity index (χ4v) is 3.36. The summed E-state index contributed by atoms with van der Waals surface area (Å²) in [6.45, 7) is 5.90. The maximum Gasteiger partial charge on any atom is 0.287 e. The third-order valence-electron chi connectivity index (χ3n) is 3.81. The number of thioether (sulfide) groups is 1. The molecule has 7 heteroatoms. The van der Waals surface area contributed by atoms with Crippen molar-refractivity contribution < 1.29 is 4.79 Å². The molecule has 0 aromatic carbocycles. The third-order valence-corrected chi connectivity index (χ3v) is 4.75. The van der Waals surface area contributed by atoms with Gasteiger partial charge in [0.25, 0.3) is 5.91 Å². The topological polar surface area (TPSA) is 84.8 Å². The molecule has 1 amide bonds. The SMILES string of the molecule is C/C=C(\C=C/CNC(=O)c1nc(C#N)c[nH]1)CCN1CCSCC1. The van der Waals surface area contributed by atoms with Gasteiger partial charge in [0.15, 0.2) is 11.5 Å². The zero-order valence-corrected chi connectivity index (χ0v) is 14.7. The second-order valence-corrected chi connectivity index (χ2v) is 6.65. The molecule has 0 atom stereocenters. The minimum Gasteiger partial charge on any atom is -0.346 e. The quantitative estimate of drug-likeness (QED) is 0.738. The Balaban J connectivity index is 1.71. The number of nitrogens with one attached hydrogen (secondary N) is 2. The molecule has 24 heavy (non-hydrogen) atoms. The van der Waals surface area contributed by atoms with E-state index in [1.807, 2.05) is 30.8 Å². The highest BCUT2D eigenvalue weighted by Crippen LogP contribution is 2.11. The molecule has 2 rings (SSSR count). The van der Waals surface area contributed by atoms with E-state index in [1.165, 1.54) is 36.4 Å². The number of hydrogen-bond acceptors (Lipinski definition) is 5. The number of carbonyl (C=O) groups is 1. The lowest BCUT2D eigenvalue weighted by Crippen LogP contribution is -2.33. The molecule has 1 aromatic rings. The molecule has 2 N–H and O–H groups in total. The number of imidazole rings is 1. The molecule has 1 fully saturated rings. The Hall–Kier alpha value is -2.04. The van der Waals surface area contributed by atoms with Gasteiger partial charge in [0, 0.05) is 43.9 Å². The van der Waals surface area contributed by atoms with Crippen LogP contribution in [0.25, 0.3) is 0 Å². The van der Waals surface area contributed by atoms with Crippen LogP contribution in [-0.4, -0.2) is 58.5 Å². The van der Waals surface area contributed by atoms with E-state index in [1.54, 1.807) is 0 Å². The standard InChI is InChI=1S/C17H23N5OS/c1-2-14(5-7-22-8-10-24-11-9-22)4-3-6-19-17(23)16-20-13-15(12-18)21-16/h2-4,13H,5-11H2,1H3,(H,19,23)(H,20,21)/b4-3-,14-2+. The smallest absolute Gasteiger partial charge is 0.287 e. The number of rotatable bonds is 7. The maximum absolute atomic E-state index is 11.8. The Labute approximate surface area is 147 Å². The number of aromatic nitrogens is 2. The number of nitrogens with zero attached hydrogens (tertiary/aromatic N) is 3. The summed E-state index contributed by atoms with van der Waals surface area (Å²) in [4.78, 5) is 20.9. The number of amides is 1. The van der Waals surface area contributed by atoms with Crippen LogP contribution < -0.4 is 5.32 Å². The molecule has 1 aliphatic rings. The molecule has 0 spiro atoms. The van der Waals surface area contributed by atoms with Crippen molar-refractivity contribution in [3.63, 3.8) is 0 Å². The molecular formula is C17H23N5OS. The predicted octanol–water partition coefficient (Wildman–Crippen LogP) is 1.95. The lowest BCUT2D eigenvalue weighted by molar-refractivity contribution is 0.0948. The van der Waals surface area contributed by atoms with Gasteiger partial charge in [-0.2, -0.15) is 17.0 Å². The number of aromatic amines is 1. The highest BCUT2D eigenvalue weighted by Gasteiger charge is 2.10. The Morgan fingerprint density at radius 2 is 2.33 bits per heavy atom. The number of allylic oxidation sites excluding steroid dienone is 2. The largest absolute Gasteiger partial charge is 0.346 e. The van der Waals surface area contributed by atoms with E-state index in [-0.39, 0.29) is 17.4 Å². The summed E-state index contributed by atoms with van der Waals surface area (Å²) in [5, 5.41) is 11.4. The summed E-state index contributed by atoms with van der Waals surface area (Å²) in [5.74, 6) is 2.31. The molecular weight excluding hydrogens is 322 g/mol. The summed E-state index contributed by atoms with van der Waals surface area (Å²) < 4.78 is 0. The van der Waals surface area contributed by atoms with Crippen molar-refractivity contribution in [3.8, 4) is 6.07 Å². The zero-order chi connectivity index (χ0) is 17.2. The van der Waals surface area contributed by atoms with Crippen LogP contribution in [0.15, 0.2) is 30.0 Å². The second kappa shape index (κ2) is 9.96. The van der Waals surface area contributed by atoms with Crippen molar-refractivity contribution in [1.29, 1.82) is 5.26 Å². The monoisotopic (exact) mass is 345 g/mol. The zero-order valence-electron chi connectivity index (χ0n) is 13.9. The predicted molar refractivity (Wildman–Crippen MR) is 96.9 cm³/mol. The summed E-state index contributed by atoms with van der Waals surface area (Å²) in [7, 11) is 0. The molecule has 0 bridgehead atoms.